The number of H-pyrrole nitrogens is 1. The molecule has 1 aliphatic carbocycles. The van der Waals surface area contributed by atoms with Crippen LogP contribution in [0, 0.1) is 19.8 Å². The highest BCUT2D eigenvalue weighted by Gasteiger charge is 2.35. The number of fused-ring (bicyclic) bond motifs is 1. The van der Waals surface area contributed by atoms with E-state index in [9.17, 15) is 9.59 Å². The highest BCUT2D eigenvalue weighted by atomic mass is 16.5. The van der Waals surface area contributed by atoms with Crippen molar-refractivity contribution < 1.29 is 9.53 Å². The standard InChI is InChI=1S/C27H38N6O3/c1-6-36-24(34)16-33-26(29-30-31-33)25(17(2)3)32(22-10-8-7-9-11-22)15-21-14-20-12-18(4)19(5)13-23(20)28-27(21)35/h12-14,17,22,25H,6-11,15-16H2,1-5H3,(H,28,35). The van der Waals surface area contributed by atoms with Crippen LogP contribution in [-0.2, 0) is 22.6 Å². The Labute approximate surface area is 212 Å². The summed E-state index contributed by atoms with van der Waals surface area (Å²) in [6.45, 7) is 11.0. The lowest BCUT2D eigenvalue weighted by molar-refractivity contribution is -0.144. The first-order valence-electron chi connectivity index (χ1n) is 13.1. The van der Waals surface area contributed by atoms with E-state index in [0.717, 1.165) is 47.7 Å². The van der Waals surface area contributed by atoms with Crippen LogP contribution in [0.5, 0.6) is 0 Å². The van der Waals surface area contributed by atoms with Gasteiger partial charge in [0.05, 0.1) is 12.6 Å². The second kappa shape index (κ2) is 11.3. The summed E-state index contributed by atoms with van der Waals surface area (Å²) in [7, 11) is 0. The van der Waals surface area contributed by atoms with E-state index in [1.54, 1.807) is 11.6 Å². The van der Waals surface area contributed by atoms with Crippen molar-refractivity contribution in [2.24, 2.45) is 5.92 Å². The van der Waals surface area contributed by atoms with Crippen molar-refractivity contribution in [1.82, 2.24) is 30.1 Å². The number of aromatic nitrogens is 5. The molecule has 1 N–H and O–H groups in total. The molecule has 9 heteroatoms. The maximum Gasteiger partial charge on any atom is 0.327 e. The lowest BCUT2D eigenvalue weighted by Gasteiger charge is -2.41. The Bertz CT molecular complexity index is 1260. The van der Waals surface area contributed by atoms with Crippen molar-refractivity contribution in [3.8, 4) is 0 Å². The highest BCUT2D eigenvalue weighted by Crippen LogP contribution is 2.35. The highest BCUT2D eigenvalue weighted by molar-refractivity contribution is 5.80. The van der Waals surface area contributed by atoms with E-state index < -0.39 is 0 Å². The Morgan fingerprint density at radius 2 is 1.89 bits per heavy atom. The Balaban J connectivity index is 1.75. The number of tetrazole rings is 1. The summed E-state index contributed by atoms with van der Waals surface area (Å²) >= 11 is 0. The first kappa shape index (κ1) is 26.0. The van der Waals surface area contributed by atoms with Gasteiger partial charge in [0.15, 0.2) is 5.82 Å². The number of aryl methyl sites for hydroxylation is 2. The second-order valence-corrected chi connectivity index (χ2v) is 10.3. The molecule has 194 valence electrons. The van der Waals surface area contributed by atoms with E-state index in [0.29, 0.717) is 25.0 Å². The van der Waals surface area contributed by atoms with Gasteiger partial charge in [-0.2, -0.15) is 0 Å². The summed E-state index contributed by atoms with van der Waals surface area (Å²) in [5, 5.41) is 13.4. The largest absolute Gasteiger partial charge is 0.465 e. The molecule has 1 fully saturated rings. The van der Waals surface area contributed by atoms with Gasteiger partial charge >= 0.3 is 5.97 Å². The van der Waals surface area contributed by atoms with Crippen molar-refractivity contribution in [1.29, 1.82) is 0 Å². The third-order valence-corrected chi connectivity index (χ3v) is 7.33. The zero-order valence-corrected chi connectivity index (χ0v) is 22.1. The van der Waals surface area contributed by atoms with Gasteiger partial charge in [-0.05, 0) is 84.7 Å². The van der Waals surface area contributed by atoms with Crippen molar-refractivity contribution in [2.45, 2.75) is 91.9 Å². The SMILES string of the molecule is CCOC(=O)Cn1nnnc1C(C(C)C)N(Cc1cc2cc(C)c(C)cc2[nH]c1=O)C1CCCCC1. The number of benzene rings is 1. The van der Waals surface area contributed by atoms with E-state index in [-0.39, 0.29) is 30.0 Å². The molecule has 0 amide bonds. The molecular weight excluding hydrogens is 456 g/mol. The van der Waals surface area contributed by atoms with Crippen LogP contribution in [-0.4, -0.2) is 48.7 Å². The van der Waals surface area contributed by atoms with E-state index in [4.69, 9.17) is 4.74 Å². The second-order valence-electron chi connectivity index (χ2n) is 10.3. The van der Waals surface area contributed by atoms with Crippen LogP contribution >= 0.6 is 0 Å². The summed E-state index contributed by atoms with van der Waals surface area (Å²) in [4.78, 5) is 31.0. The Hall–Kier alpha value is -3.07. The number of ether oxygens (including phenoxy) is 1. The average Bonchev–Trinajstić information content (AvgIpc) is 3.28. The summed E-state index contributed by atoms with van der Waals surface area (Å²) in [5.41, 5.74) is 3.87. The fourth-order valence-corrected chi connectivity index (χ4v) is 5.40. The zero-order chi connectivity index (χ0) is 25.8. The third-order valence-electron chi connectivity index (χ3n) is 7.33. The average molecular weight is 495 g/mol. The van der Waals surface area contributed by atoms with E-state index >= 15 is 0 Å². The molecule has 4 rings (SSSR count). The monoisotopic (exact) mass is 494 g/mol. The van der Waals surface area contributed by atoms with Gasteiger partial charge in [0.1, 0.15) is 6.54 Å². The van der Waals surface area contributed by atoms with Crippen LogP contribution in [0.15, 0.2) is 23.0 Å². The molecule has 0 saturated heterocycles. The number of hydrogen-bond acceptors (Lipinski definition) is 7. The van der Waals surface area contributed by atoms with Crippen LogP contribution in [0.1, 0.15) is 81.4 Å². The molecule has 1 unspecified atom stereocenters. The molecule has 3 aromatic rings. The number of nitrogens with one attached hydrogen (secondary N) is 1. The molecule has 2 aromatic heterocycles. The van der Waals surface area contributed by atoms with Gasteiger partial charge in [-0.15, -0.1) is 5.10 Å². The molecule has 0 bridgehead atoms. The molecule has 0 spiro atoms. The normalized spacial score (nSPS) is 15.6. The maximum absolute atomic E-state index is 13.2. The van der Waals surface area contributed by atoms with E-state index in [1.807, 2.05) is 12.1 Å². The van der Waals surface area contributed by atoms with E-state index in [1.165, 1.54) is 12.0 Å². The molecule has 36 heavy (non-hydrogen) atoms. The fourth-order valence-electron chi connectivity index (χ4n) is 5.40. The predicted octanol–water partition coefficient (Wildman–Crippen LogP) is 4.23. The van der Waals surface area contributed by atoms with Crippen molar-refractivity contribution in [2.75, 3.05) is 6.61 Å². The van der Waals surface area contributed by atoms with E-state index in [2.05, 4.69) is 59.2 Å². The van der Waals surface area contributed by atoms with Gasteiger partial charge < -0.3 is 9.72 Å². The molecule has 1 atom stereocenters. The van der Waals surface area contributed by atoms with Gasteiger partial charge in [0.25, 0.3) is 5.56 Å². The Morgan fingerprint density at radius 1 is 1.17 bits per heavy atom. The lowest BCUT2D eigenvalue weighted by Crippen LogP contribution is -2.43. The maximum atomic E-state index is 13.2. The van der Waals surface area contributed by atoms with Crippen LogP contribution in [0.25, 0.3) is 10.9 Å². The molecule has 1 saturated carbocycles. The van der Waals surface area contributed by atoms with Gasteiger partial charge in [-0.25, -0.2) is 4.68 Å². The first-order chi connectivity index (χ1) is 17.3. The van der Waals surface area contributed by atoms with Crippen molar-refractivity contribution >= 4 is 16.9 Å². The minimum atomic E-state index is -0.366. The molecule has 1 aromatic carbocycles. The predicted molar refractivity (Wildman–Crippen MR) is 138 cm³/mol. The van der Waals surface area contributed by atoms with Crippen LogP contribution in [0.2, 0.25) is 0 Å². The summed E-state index contributed by atoms with van der Waals surface area (Å²) in [6.07, 6.45) is 5.67. The van der Waals surface area contributed by atoms with Crippen LogP contribution < -0.4 is 5.56 Å². The minimum absolute atomic E-state index is 0.0346. The van der Waals surface area contributed by atoms with Gasteiger partial charge in [-0.1, -0.05) is 33.1 Å². The first-order valence-corrected chi connectivity index (χ1v) is 13.1. The molecule has 1 aliphatic rings. The summed E-state index contributed by atoms with van der Waals surface area (Å²) in [5.74, 6) is 0.421. The molecule has 9 nitrogen and oxygen atoms in total. The van der Waals surface area contributed by atoms with Crippen molar-refractivity contribution in [3.05, 3.63) is 51.1 Å². The van der Waals surface area contributed by atoms with Gasteiger partial charge in [-0.3, -0.25) is 14.5 Å². The number of hydrogen-bond donors (Lipinski definition) is 1. The lowest BCUT2D eigenvalue weighted by atomic mass is 9.90. The number of aromatic amines is 1. The number of esters is 1. The molecular formula is C27H38N6O3. The molecule has 2 heterocycles. The summed E-state index contributed by atoms with van der Waals surface area (Å²) < 4.78 is 6.69. The van der Waals surface area contributed by atoms with Crippen LogP contribution in [0.3, 0.4) is 0 Å². The minimum Gasteiger partial charge on any atom is -0.465 e. The zero-order valence-electron chi connectivity index (χ0n) is 22.1. The third kappa shape index (κ3) is 5.67. The topological polar surface area (TPSA) is 106 Å². The van der Waals surface area contributed by atoms with Gasteiger partial charge in [0.2, 0.25) is 0 Å². The number of carbonyl (C=O) groups is 1. The molecule has 0 aliphatic heterocycles. The Kier molecular flexibility index (Phi) is 8.18. The number of pyridine rings is 1. The van der Waals surface area contributed by atoms with Crippen LogP contribution in [0.4, 0.5) is 0 Å². The smallest absolute Gasteiger partial charge is 0.327 e. The quantitative estimate of drug-likeness (QED) is 0.444. The fraction of sp³-hybridized carbons (Fsp3) is 0.593. The number of nitrogens with zero attached hydrogens (tertiary/aromatic N) is 5. The number of carbonyl (C=O) groups excluding carboxylic acids is 1. The van der Waals surface area contributed by atoms with Gasteiger partial charge in [0, 0.05) is 23.7 Å². The number of rotatable bonds is 9. The summed E-state index contributed by atoms with van der Waals surface area (Å²) in [6, 6.07) is 6.33. The van der Waals surface area contributed by atoms with Crippen molar-refractivity contribution in [3.63, 3.8) is 0 Å². The Morgan fingerprint density at radius 3 is 2.58 bits per heavy atom. The molecule has 0 radical (unpaired) electrons.